The molecule has 6 heteroatoms. The second-order valence-corrected chi connectivity index (χ2v) is 5.09. The number of ether oxygens (including phenoxy) is 1. The van der Waals surface area contributed by atoms with Crippen LogP contribution in [0.2, 0.25) is 5.02 Å². The van der Waals surface area contributed by atoms with Crippen molar-refractivity contribution >= 4 is 23.4 Å². The molecule has 1 heterocycles. The lowest BCUT2D eigenvalue weighted by Gasteiger charge is -2.19. The van der Waals surface area contributed by atoms with E-state index in [-0.39, 0.29) is 24.8 Å². The van der Waals surface area contributed by atoms with Crippen LogP contribution in [0, 0.1) is 0 Å². The first-order valence-corrected chi connectivity index (χ1v) is 6.85. The maximum Gasteiger partial charge on any atom is 0.239 e. The molecule has 1 aliphatic rings. The van der Waals surface area contributed by atoms with E-state index < -0.39 is 0 Å². The van der Waals surface area contributed by atoms with E-state index in [0.717, 1.165) is 12.0 Å². The number of rotatable bonds is 3. The molecule has 1 aromatic carbocycles. The van der Waals surface area contributed by atoms with E-state index in [0.29, 0.717) is 23.9 Å². The van der Waals surface area contributed by atoms with Gasteiger partial charge in [0.1, 0.15) is 5.75 Å². The van der Waals surface area contributed by atoms with E-state index in [9.17, 15) is 9.59 Å². The lowest BCUT2D eigenvalue weighted by atomic mass is 10.1. The zero-order chi connectivity index (χ0) is 14.5. The smallest absolute Gasteiger partial charge is 0.239 e. The molecular formula is C14H17ClN2O3. The maximum atomic E-state index is 12.3. The molecule has 1 aliphatic heterocycles. The number of nitrogens with one attached hydrogen (secondary N) is 1. The second-order valence-electron chi connectivity index (χ2n) is 4.65. The number of nitrogens with zero attached hydrogens (tertiary/aromatic N) is 1. The van der Waals surface area contributed by atoms with Gasteiger partial charge in [0.15, 0.2) is 0 Å². The number of hydrogen-bond acceptors (Lipinski definition) is 3. The monoisotopic (exact) mass is 296 g/mol. The van der Waals surface area contributed by atoms with Crippen LogP contribution in [0.1, 0.15) is 12.0 Å². The van der Waals surface area contributed by atoms with Crippen LogP contribution in [0.15, 0.2) is 18.2 Å². The van der Waals surface area contributed by atoms with Crippen molar-refractivity contribution < 1.29 is 14.3 Å². The summed E-state index contributed by atoms with van der Waals surface area (Å²) in [5.41, 5.74) is 0.731. The third-order valence-electron chi connectivity index (χ3n) is 3.20. The molecule has 1 fully saturated rings. The minimum absolute atomic E-state index is 0.0948. The van der Waals surface area contributed by atoms with Gasteiger partial charge in [-0.15, -0.1) is 0 Å². The number of methoxy groups -OCH3 is 1. The van der Waals surface area contributed by atoms with Gasteiger partial charge in [-0.2, -0.15) is 0 Å². The van der Waals surface area contributed by atoms with Crippen LogP contribution in [0.3, 0.4) is 0 Å². The Balaban J connectivity index is 2.10. The Hall–Kier alpha value is -1.75. The normalized spacial score (nSPS) is 15.5. The molecule has 1 N–H and O–H groups in total. The number of carbonyl (C=O) groups excluding carboxylic acids is 2. The van der Waals surface area contributed by atoms with Gasteiger partial charge in [0.25, 0.3) is 0 Å². The first kappa shape index (κ1) is 14.7. The molecule has 0 bridgehead atoms. The summed E-state index contributed by atoms with van der Waals surface area (Å²) in [5.74, 6) is 0.415. The van der Waals surface area contributed by atoms with Crippen LogP contribution in [-0.4, -0.2) is 43.5 Å². The molecule has 20 heavy (non-hydrogen) atoms. The molecule has 108 valence electrons. The quantitative estimate of drug-likeness (QED) is 0.913. The largest absolute Gasteiger partial charge is 0.496 e. The molecule has 2 amide bonds. The third-order valence-corrected chi connectivity index (χ3v) is 3.43. The van der Waals surface area contributed by atoms with Crippen molar-refractivity contribution in [1.29, 1.82) is 0 Å². The molecule has 0 spiro atoms. The molecule has 0 aromatic heterocycles. The minimum atomic E-state index is -0.117. The van der Waals surface area contributed by atoms with Gasteiger partial charge in [0, 0.05) is 23.7 Å². The Labute approximate surface area is 122 Å². The van der Waals surface area contributed by atoms with Crippen LogP contribution in [-0.2, 0) is 16.0 Å². The summed E-state index contributed by atoms with van der Waals surface area (Å²) < 4.78 is 5.23. The van der Waals surface area contributed by atoms with E-state index >= 15 is 0 Å². The van der Waals surface area contributed by atoms with Gasteiger partial charge in [0.2, 0.25) is 11.8 Å². The van der Waals surface area contributed by atoms with Crippen molar-refractivity contribution in [3.8, 4) is 5.75 Å². The fourth-order valence-electron chi connectivity index (χ4n) is 2.18. The van der Waals surface area contributed by atoms with Gasteiger partial charge < -0.3 is 15.0 Å². The zero-order valence-electron chi connectivity index (χ0n) is 11.3. The van der Waals surface area contributed by atoms with Crippen LogP contribution in [0.5, 0.6) is 5.75 Å². The number of halogens is 1. The molecule has 5 nitrogen and oxygen atoms in total. The first-order valence-electron chi connectivity index (χ1n) is 6.47. The zero-order valence-corrected chi connectivity index (χ0v) is 12.1. The maximum absolute atomic E-state index is 12.3. The summed E-state index contributed by atoms with van der Waals surface area (Å²) in [6, 6.07) is 5.17. The highest BCUT2D eigenvalue weighted by Crippen LogP contribution is 2.23. The van der Waals surface area contributed by atoms with E-state index in [1.54, 1.807) is 30.2 Å². The first-order chi connectivity index (χ1) is 9.60. The highest BCUT2D eigenvalue weighted by atomic mass is 35.5. The van der Waals surface area contributed by atoms with Crippen molar-refractivity contribution in [1.82, 2.24) is 10.2 Å². The van der Waals surface area contributed by atoms with Gasteiger partial charge in [0.05, 0.1) is 20.1 Å². The topological polar surface area (TPSA) is 58.6 Å². The standard InChI is InChI=1S/C14H17ClN2O3/c1-20-12-4-3-11(15)7-10(12)8-14(19)17-6-2-5-16-13(18)9-17/h3-4,7H,2,5-6,8-9H2,1H3,(H,16,18). The van der Waals surface area contributed by atoms with Gasteiger partial charge in [-0.3, -0.25) is 9.59 Å². The summed E-state index contributed by atoms with van der Waals surface area (Å²) in [7, 11) is 1.55. The second kappa shape index (κ2) is 6.61. The Morgan fingerprint density at radius 1 is 1.50 bits per heavy atom. The van der Waals surface area contributed by atoms with Gasteiger partial charge in [-0.25, -0.2) is 0 Å². The van der Waals surface area contributed by atoms with Crippen LogP contribution in [0.25, 0.3) is 0 Å². The molecule has 0 aliphatic carbocycles. The predicted octanol–water partition coefficient (Wildman–Crippen LogP) is 1.24. The van der Waals surface area contributed by atoms with E-state index in [1.807, 2.05) is 0 Å². The lowest BCUT2D eigenvalue weighted by molar-refractivity contribution is -0.134. The molecule has 0 radical (unpaired) electrons. The van der Waals surface area contributed by atoms with Crippen molar-refractivity contribution in [2.45, 2.75) is 12.8 Å². The Bertz CT molecular complexity index is 519. The van der Waals surface area contributed by atoms with Crippen molar-refractivity contribution in [2.75, 3.05) is 26.7 Å². The highest BCUT2D eigenvalue weighted by molar-refractivity contribution is 6.30. The lowest BCUT2D eigenvalue weighted by Crippen LogP contribution is -2.38. The summed E-state index contributed by atoms with van der Waals surface area (Å²) in [5, 5.41) is 3.30. The van der Waals surface area contributed by atoms with Gasteiger partial charge in [-0.05, 0) is 24.6 Å². The van der Waals surface area contributed by atoms with E-state index in [4.69, 9.17) is 16.3 Å². The average molecular weight is 297 g/mol. The molecular weight excluding hydrogens is 280 g/mol. The number of hydrogen-bond donors (Lipinski definition) is 1. The van der Waals surface area contributed by atoms with Crippen molar-refractivity contribution in [2.24, 2.45) is 0 Å². The summed E-state index contributed by atoms with van der Waals surface area (Å²) >= 11 is 5.95. The van der Waals surface area contributed by atoms with Crippen LogP contribution < -0.4 is 10.1 Å². The Kier molecular flexibility index (Phi) is 4.84. The summed E-state index contributed by atoms with van der Waals surface area (Å²) in [4.78, 5) is 25.3. The fourth-order valence-corrected chi connectivity index (χ4v) is 2.37. The third kappa shape index (κ3) is 3.63. The molecule has 0 unspecified atom stereocenters. The summed E-state index contributed by atoms with van der Waals surface area (Å²) in [6.07, 6.45) is 0.946. The van der Waals surface area contributed by atoms with Crippen molar-refractivity contribution in [3.63, 3.8) is 0 Å². The molecule has 1 aromatic rings. The number of benzene rings is 1. The molecule has 1 saturated heterocycles. The van der Waals surface area contributed by atoms with E-state index in [1.165, 1.54) is 0 Å². The highest BCUT2D eigenvalue weighted by Gasteiger charge is 2.21. The Morgan fingerprint density at radius 2 is 2.30 bits per heavy atom. The Morgan fingerprint density at radius 3 is 3.05 bits per heavy atom. The van der Waals surface area contributed by atoms with Crippen molar-refractivity contribution in [3.05, 3.63) is 28.8 Å². The molecule has 0 saturated carbocycles. The SMILES string of the molecule is COc1ccc(Cl)cc1CC(=O)N1CCCNC(=O)C1. The summed E-state index contributed by atoms with van der Waals surface area (Å²) in [6.45, 7) is 1.31. The average Bonchev–Trinajstić information content (AvgIpc) is 2.64. The van der Waals surface area contributed by atoms with Gasteiger partial charge in [-0.1, -0.05) is 11.6 Å². The number of amides is 2. The minimum Gasteiger partial charge on any atom is -0.496 e. The fraction of sp³-hybridized carbons (Fsp3) is 0.429. The predicted molar refractivity (Wildman–Crippen MR) is 75.9 cm³/mol. The van der Waals surface area contributed by atoms with E-state index in [2.05, 4.69) is 5.32 Å². The van der Waals surface area contributed by atoms with Crippen LogP contribution in [0.4, 0.5) is 0 Å². The number of carbonyl (C=O) groups is 2. The van der Waals surface area contributed by atoms with Crippen LogP contribution >= 0.6 is 11.6 Å². The molecule has 0 atom stereocenters. The molecule has 2 rings (SSSR count). The van der Waals surface area contributed by atoms with Gasteiger partial charge >= 0.3 is 0 Å².